The van der Waals surface area contributed by atoms with Crippen LogP contribution in [0.2, 0.25) is 0 Å². The molecule has 3 heteroatoms. The van der Waals surface area contributed by atoms with Gasteiger partial charge in [0.25, 0.3) is 0 Å². The third kappa shape index (κ3) is 1.93. The van der Waals surface area contributed by atoms with E-state index in [1.165, 1.54) is 0 Å². The summed E-state index contributed by atoms with van der Waals surface area (Å²) in [5.74, 6) is 0.118. The van der Waals surface area contributed by atoms with E-state index < -0.39 is 0 Å². The fourth-order valence-corrected chi connectivity index (χ4v) is 0.992. The van der Waals surface area contributed by atoms with Crippen molar-refractivity contribution in [1.29, 1.82) is 0 Å². The predicted octanol–water partition coefficient (Wildman–Crippen LogP) is 1.73. The number of Topliss-reactive ketones (excluding diaryl/α,β-unsaturated/α-hetero) is 1. The zero-order chi connectivity index (χ0) is 10.0. The Labute approximate surface area is 77.3 Å². The second kappa shape index (κ2) is 3.39. The summed E-state index contributed by atoms with van der Waals surface area (Å²) in [6, 6.07) is 1.72. The molecule has 0 aliphatic heterocycles. The number of pyridine rings is 1. The molecule has 13 heavy (non-hydrogen) atoms. The van der Waals surface area contributed by atoms with Gasteiger partial charge in [-0.1, -0.05) is 6.58 Å². The number of hydrogen-bond donors (Lipinski definition) is 1. The van der Waals surface area contributed by atoms with E-state index in [9.17, 15) is 4.79 Å². The monoisotopic (exact) mass is 176 g/mol. The molecule has 2 N–H and O–H groups in total. The van der Waals surface area contributed by atoms with Gasteiger partial charge in [0.15, 0.2) is 5.78 Å². The molecule has 1 aromatic rings. The van der Waals surface area contributed by atoms with E-state index in [1.54, 1.807) is 19.2 Å². The average molecular weight is 176 g/mol. The average Bonchev–Trinajstić information content (AvgIpc) is 2.08. The molecule has 0 aliphatic rings. The molecule has 0 radical (unpaired) electrons. The standard InChI is InChI=1S/C10H12N2O/c1-6(2)9(13)8-4-7(3)5-12-10(8)11/h4-5H,1H2,2-3H3,(H2,11,12). The van der Waals surface area contributed by atoms with Crippen LogP contribution >= 0.6 is 0 Å². The van der Waals surface area contributed by atoms with Crippen molar-refractivity contribution >= 4 is 11.6 Å². The number of ketones is 1. The van der Waals surface area contributed by atoms with Gasteiger partial charge in [-0.15, -0.1) is 0 Å². The molecule has 0 bridgehead atoms. The molecule has 0 amide bonds. The van der Waals surface area contributed by atoms with E-state index in [1.807, 2.05) is 6.92 Å². The zero-order valence-electron chi connectivity index (χ0n) is 7.79. The van der Waals surface area contributed by atoms with Crippen molar-refractivity contribution in [2.24, 2.45) is 0 Å². The maximum absolute atomic E-state index is 11.5. The lowest BCUT2D eigenvalue weighted by Crippen LogP contribution is -2.06. The van der Waals surface area contributed by atoms with Crippen molar-refractivity contribution in [3.8, 4) is 0 Å². The minimum absolute atomic E-state index is 0.145. The first-order chi connectivity index (χ1) is 6.02. The van der Waals surface area contributed by atoms with Crippen LogP contribution in [0.1, 0.15) is 22.8 Å². The Balaban J connectivity index is 3.21. The highest BCUT2D eigenvalue weighted by molar-refractivity contribution is 6.10. The molecule has 0 spiro atoms. The number of allylic oxidation sites excluding steroid dienone is 1. The minimum Gasteiger partial charge on any atom is -0.383 e. The second-order valence-corrected chi connectivity index (χ2v) is 3.05. The molecule has 0 aliphatic carbocycles. The number of nitrogens with zero attached hydrogens (tertiary/aromatic N) is 1. The molecule has 0 saturated carbocycles. The van der Waals surface area contributed by atoms with Gasteiger partial charge in [0, 0.05) is 6.20 Å². The molecular formula is C10H12N2O. The third-order valence-electron chi connectivity index (χ3n) is 1.69. The molecular weight excluding hydrogens is 164 g/mol. The Morgan fingerprint density at radius 2 is 2.23 bits per heavy atom. The Hall–Kier alpha value is -1.64. The first-order valence-electron chi connectivity index (χ1n) is 3.94. The van der Waals surface area contributed by atoms with Gasteiger partial charge >= 0.3 is 0 Å². The topological polar surface area (TPSA) is 56.0 Å². The maximum atomic E-state index is 11.5. The smallest absolute Gasteiger partial charge is 0.191 e. The van der Waals surface area contributed by atoms with Crippen LogP contribution in [0.4, 0.5) is 5.82 Å². The first kappa shape index (κ1) is 9.45. The summed E-state index contributed by atoms with van der Waals surface area (Å²) >= 11 is 0. The normalized spacial score (nSPS) is 9.69. The Kier molecular flexibility index (Phi) is 2.46. The second-order valence-electron chi connectivity index (χ2n) is 3.05. The van der Waals surface area contributed by atoms with Gasteiger partial charge in [-0.2, -0.15) is 0 Å². The van der Waals surface area contributed by atoms with Gasteiger partial charge in [-0.05, 0) is 31.1 Å². The summed E-state index contributed by atoms with van der Waals surface area (Å²) in [5, 5.41) is 0. The highest BCUT2D eigenvalue weighted by Gasteiger charge is 2.10. The van der Waals surface area contributed by atoms with Crippen LogP contribution in [0, 0.1) is 6.92 Å². The van der Waals surface area contributed by atoms with Crippen molar-refractivity contribution < 1.29 is 4.79 Å². The molecule has 0 atom stereocenters. The summed E-state index contributed by atoms with van der Waals surface area (Å²) in [4.78, 5) is 15.4. The number of nitrogen functional groups attached to an aromatic ring is 1. The van der Waals surface area contributed by atoms with Gasteiger partial charge in [0.2, 0.25) is 0 Å². The van der Waals surface area contributed by atoms with Gasteiger partial charge in [0.05, 0.1) is 5.56 Å². The summed E-state index contributed by atoms with van der Waals surface area (Å²) in [6.07, 6.45) is 1.63. The predicted molar refractivity (Wildman–Crippen MR) is 52.5 cm³/mol. The van der Waals surface area contributed by atoms with Crippen molar-refractivity contribution in [3.63, 3.8) is 0 Å². The van der Waals surface area contributed by atoms with E-state index >= 15 is 0 Å². The molecule has 1 rings (SSSR count). The maximum Gasteiger partial charge on any atom is 0.191 e. The van der Waals surface area contributed by atoms with Gasteiger partial charge < -0.3 is 5.73 Å². The fourth-order valence-electron chi connectivity index (χ4n) is 0.992. The Morgan fingerprint density at radius 1 is 1.62 bits per heavy atom. The summed E-state index contributed by atoms with van der Waals surface area (Å²) in [7, 11) is 0. The quantitative estimate of drug-likeness (QED) is 0.551. The van der Waals surface area contributed by atoms with E-state index in [4.69, 9.17) is 5.73 Å². The number of nitrogens with two attached hydrogens (primary N) is 1. The number of carbonyl (C=O) groups excluding carboxylic acids is 1. The SMILES string of the molecule is C=C(C)C(=O)c1cc(C)cnc1N. The summed E-state index contributed by atoms with van der Waals surface area (Å²) < 4.78 is 0. The zero-order valence-corrected chi connectivity index (χ0v) is 7.79. The van der Waals surface area contributed by atoms with Crippen molar-refractivity contribution in [1.82, 2.24) is 4.98 Å². The molecule has 0 fully saturated rings. The van der Waals surface area contributed by atoms with Crippen molar-refractivity contribution in [2.45, 2.75) is 13.8 Å². The van der Waals surface area contributed by atoms with Gasteiger partial charge in [-0.25, -0.2) is 4.98 Å². The number of hydrogen-bond acceptors (Lipinski definition) is 3. The van der Waals surface area contributed by atoms with Crippen LogP contribution in [-0.2, 0) is 0 Å². The van der Waals surface area contributed by atoms with Crippen LogP contribution in [0.15, 0.2) is 24.4 Å². The summed E-state index contributed by atoms with van der Waals surface area (Å²) in [6.45, 7) is 7.09. The van der Waals surface area contributed by atoms with Gasteiger partial charge in [0.1, 0.15) is 5.82 Å². The van der Waals surface area contributed by atoms with E-state index in [-0.39, 0.29) is 11.6 Å². The third-order valence-corrected chi connectivity index (χ3v) is 1.69. The molecule has 1 heterocycles. The lowest BCUT2D eigenvalue weighted by Gasteiger charge is -2.03. The van der Waals surface area contributed by atoms with Crippen LogP contribution in [0.25, 0.3) is 0 Å². The number of carbonyl (C=O) groups is 1. The first-order valence-corrected chi connectivity index (χ1v) is 3.94. The molecule has 0 unspecified atom stereocenters. The van der Waals surface area contributed by atoms with Crippen LogP contribution in [0.5, 0.6) is 0 Å². The molecule has 3 nitrogen and oxygen atoms in total. The van der Waals surface area contributed by atoms with Crippen molar-refractivity contribution in [3.05, 3.63) is 35.5 Å². The largest absolute Gasteiger partial charge is 0.383 e. The molecule has 0 aromatic carbocycles. The highest BCUT2D eigenvalue weighted by atomic mass is 16.1. The van der Waals surface area contributed by atoms with E-state index in [0.29, 0.717) is 11.1 Å². The van der Waals surface area contributed by atoms with Crippen LogP contribution in [-0.4, -0.2) is 10.8 Å². The molecule has 0 saturated heterocycles. The summed E-state index contributed by atoms with van der Waals surface area (Å²) in [5.41, 5.74) is 7.38. The number of aromatic nitrogens is 1. The number of anilines is 1. The fraction of sp³-hybridized carbons (Fsp3) is 0.200. The highest BCUT2D eigenvalue weighted by Crippen LogP contribution is 2.13. The Bertz CT molecular complexity index is 369. The molecule has 68 valence electrons. The Morgan fingerprint density at radius 3 is 2.77 bits per heavy atom. The van der Waals surface area contributed by atoms with E-state index in [2.05, 4.69) is 11.6 Å². The lowest BCUT2D eigenvalue weighted by molar-refractivity contribution is 0.103. The molecule has 1 aromatic heterocycles. The lowest BCUT2D eigenvalue weighted by atomic mass is 10.1. The van der Waals surface area contributed by atoms with Crippen LogP contribution in [0.3, 0.4) is 0 Å². The number of aryl methyl sites for hydroxylation is 1. The minimum atomic E-state index is -0.145. The van der Waals surface area contributed by atoms with Crippen LogP contribution < -0.4 is 5.73 Å². The van der Waals surface area contributed by atoms with E-state index in [0.717, 1.165) is 5.56 Å². The van der Waals surface area contributed by atoms with Gasteiger partial charge in [-0.3, -0.25) is 4.79 Å². The number of rotatable bonds is 2. The van der Waals surface area contributed by atoms with Crippen molar-refractivity contribution in [2.75, 3.05) is 5.73 Å².